The van der Waals surface area contributed by atoms with Crippen LogP contribution in [0.4, 0.5) is 0 Å². The first-order chi connectivity index (χ1) is 3.79. The minimum atomic E-state index is -0.199. The Kier molecular flexibility index (Phi) is 1.17. The largest absolute Gasteiger partial charge is 0.273 e. The molecule has 8 heavy (non-hydrogen) atoms. The van der Waals surface area contributed by atoms with E-state index in [9.17, 15) is 4.79 Å². The van der Waals surface area contributed by atoms with Gasteiger partial charge in [-0.15, -0.1) is 0 Å². The Balaban J connectivity index is 2.54. The van der Waals surface area contributed by atoms with Crippen LogP contribution in [-0.2, 0) is 4.79 Å². The van der Waals surface area contributed by atoms with Crippen molar-refractivity contribution in [2.24, 2.45) is 0 Å². The van der Waals surface area contributed by atoms with E-state index in [1.165, 1.54) is 6.20 Å². The topological polar surface area (TPSA) is 52.6 Å². The molecule has 0 saturated carbocycles. The maximum atomic E-state index is 10.3. The molecule has 1 heterocycles. The van der Waals surface area contributed by atoms with Crippen molar-refractivity contribution in [3.05, 3.63) is 12.3 Å². The van der Waals surface area contributed by atoms with Crippen molar-refractivity contribution in [1.82, 2.24) is 10.6 Å². The summed E-state index contributed by atoms with van der Waals surface area (Å²) in [5.74, 6) is -0.199. The highest BCUT2D eigenvalue weighted by Gasteiger charge is 2.04. The van der Waals surface area contributed by atoms with Crippen molar-refractivity contribution >= 4 is 5.91 Å². The van der Waals surface area contributed by atoms with E-state index in [0.29, 0.717) is 11.6 Å². The average Bonchev–Trinajstić information content (AvgIpc) is 1.64. The number of hydroxylamine groups is 1. The Morgan fingerprint density at radius 2 is 2.62 bits per heavy atom. The smallest absolute Gasteiger partial charge is 0.244 e. The maximum Gasteiger partial charge on any atom is 0.244 e. The summed E-state index contributed by atoms with van der Waals surface area (Å²) in [4.78, 5) is 10.3. The van der Waals surface area contributed by atoms with E-state index in [2.05, 4.69) is 5.43 Å². The average molecular weight is 114 g/mol. The van der Waals surface area contributed by atoms with Crippen molar-refractivity contribution in [2.75, 3.05) is 0 Å². The van der Waals surface area contributed by atoms with Crippen LogP contribution < -0.4 is 5.43 Å². The summed E-state index contributed by atoms with van der Waals surface area (Å²) in [6.45, 7) is 0. The lowest BCUT2D eigenvalue weighted by Crippen LogP contribution is -2.38. The molecule has 4 nitrogen and oxygen atoms in total. The molecule has 1 amide bonds. The van der Waals surface area contributed by atoms with Gasteiger partial charge in [-0.05, 0) is 0 Å². The first-order valence-electron chi connectivity index (χ1n) is 2.23. The Bertz CT molecular complexity index is 132. The molecule has 0 aromatic heterocycles. The molecule has 0 atom stereocenters. The molecule has 0 saturated heterocycles. The predicted molar refractivity (Wildman–Crippen MR) is 25.5 cm³/mol. The Labute approximate surface area is 46.3 Å². The standard InChI is InChI=1S/C4H6N2O2/c7-4-2-1-3-6(8)5-4/h1,3,8H,2H2,(H,5,7). The number of hydrazine groups is 1. The van der Waals surface area contributed by atoms with E-state index in [0.717, 1.165) is 0 Å². The van der Waals surface area contributed by atoms with Gasteiger partial charge in [0, 0.05) is 12.6 Å². The van der Waals surface area contributed by atoms with Crippen molar-refractivity contribution in [3.8, 4) is 0 Å². The van der Waals surface area contributed by atoms with Gasteiger partial charge in [0.1, 0.15) is 0 Å². The van der Waals surface area contributed by atoms with Gasteiger partial charge >= 0.3 is 0 Å². The van der Waals surface area contributed by atoms with E-state index >= 15 is 0 Å². The number of rotatable bonds is 0. The number of carbonyl (C=O) groups excluding carboxylic acids is 1. The summed E-state index contributed by atoms with van der Waals surface area (Å²) in [5, 5.41) is 9.12. The molecule has 0 radical (unpaired) electrons. The predicted octanol–water partition coefficient (Wildman–Crippen LogP) is -0.374. The van der Waals surface area contributed by atoms with Crippen LogP contribution in [0.15, 0.2) is 12.3 Å². The van der Waals surface area contributed by atoms with Gasteiger partial charge in [-0.2, -0.15) is 5.17 Å². The Morgan fingerprint density at radius 3 is 3.00 bits per heavy atom. The lowest BCUT2D eigenvalue weighted by molar-refractivity contribution is -0.145. The van der Waals surface area contributed by atoms with E-state index in [-0.39, 0.29) is 5.91 Å². The summed E-state index contributed by atoms with van der Waals surface area (Å²) >= 11 is 0. The fraction of sp³-hybridized carbons (Fsp3) is 0.250. The number of hydrogen-bond acceptors (Lipinski definition) is 3. The van der Waals surface area contributed by atoms with Gasteiger partial charge in [0.15, 0.2) is 0 Å². The van der Waals surface area contributed by atoms with Crippen molar-refractivity contribution in [1.29, 1.82) is 0 Å². The number of nitrogens with zero attached hydrogens (tertiary/aromatic N) is 1. The fourth-order valence-electron chi connectivity index (χ4n) is 0.470. The van der Waals surface area contributed by atoms with E-state index in [1.54, 1.807) is 6.08 Å². The van der Waals surface area contributed by atoms with Crippen LogP contribution in [-0.4, -0.2) is 16.3 Å². The molecule has 2 N–H and O–H groups in total. The number of nitrogens with one attached hydrogen (secondary N) is 1. The molecule has 0 aliphatic carbocycles. The monoisotopic (exact) mass is 114 g/mol. The van der Waals surface area contributed by atoms with Gasteiger partial charge in [-0.1, -0.05) is 6.08 Å². The molecule has 1 aliphatic heterocycles. The molecule has 0 aromatic rings. The van der Waals surface area contributed by atoms with Crippen molar-refractivity contribution in [3.63, 3.8) is 0 Å². The minimum Gasteiger partial charge on any atom is -0.273 e. The van der Waals surface area contributed by atoms with Crippen LogP contribution in [0.1, 0.15) is 6.42 Å². The van der Waals surface area contributed by atoms with Gasteiger partial charge in [-0.25, -0.2) is 5.43 Å². The van der Waals surface area contributed by atoms with Crippen LogP contribution in [0.3, 0.4) is 0 Å². The highest BCUT2D eigenvalue weighted by Crippen LogP contribution is 1.91. The molecule has 1 rings (SSSR count). The molecule has 1 aliphatic rings. The lowest BCUT2D eigenvalue weighted by Gasteiger charge is -2.15. The minimum absolute atomic E-state index is 0.199. The second-order valence-corrected chi connectivity index (χ2v) is 1.47. The first-order valence-corrected chi connectivity index (χ1v) is 2.23. The first kappa shape index (κ1) is 5.11. The summed E-state index contributed by atoms with van der Waals surface area (Å²) in [6, 6.07) is 0. The quantitative estimate of drug-likeness (QED) is 0.451. The molecule has 4 heteroatoms. The molecule has 0 bridgehead atoms. The molecular weight excluding hydrogens is 108 g/mol. The van der Waals surface area contributed by atoms with Crippen molar-refractivity contribution < 1.29 is 10.0 Å². The van der Waals surface area contributed by atoms with Crippen molar-refractivity contribution in [2.45, 2.75) is 6.42 Å². The second-order valence-electron chi connectivity index (χ2n) is 1.47. The zero-order valence-electron chi connectivity index (χ0n) is 4.16. The summed E-state index contributed by atoms with van der Waals surface area (Å²) in [7, 11) is 0. The molecule has 0 spiro atoms. The van der Waals surface area contributed by atoms with E-state index < -0.39 is 0 Å². The zero-order chi connectivity index (χ0) is 5.98. The third-order valence-electron chi connectivity index (χ3n) is 0.789. The molecular formula is C4H6N2O2. The van der Waals surface area contributed by atoms with E-state index in [4.69, 9.17) is 5.21 Å². The highest BCUT2D eigenvalue weighted by atomic mass is 16.5. The highest BCUT2D eigenvalue weighted by molar-refractivity contribution is 5.77. The SMILES string of the molecule is O=C1CC=CN(O)N1. The molecule has 0 aromatic carbocycles. The molecule has 0 fully saturated rings. The van der Waals surface area contributed by atoms with Crippen LogP contribution in [0.5, 0.6) is 0 Å². The zero-order valence-corrected chi connectivity index (χ0v) is 4.16. The lowest BCUT2D eigenvalue weighted by atomic mass is 10.4. The second kappa shape index (κ2) is 1.83. The van der Waals surface area contributed by atoms with Gasteiger partial charge < -0.3 is 0 Å². The number of carbonyl (C=O) groups is 1. The fourth-order valence-corrected chi connectivity index (χ4v) is 0.470. The van der Waals surface area contributed by atoms with Crippen LogP contribution in [0.25, 0.3) is 0 Å². The van der Waals surface area contributed by atoms with Gasteiger partial charge in [-0.3, -0.25) is 10.0 Å². The van der Waals surface area contributed by atoms with Gasteiger partial charge in [0.25, 0.3) is 0 Å². The number of amides is 1. The normalized spacial score (nSPS) is 18.6. The third kappa shape index (κ3) is 0.974. The third-order valence-corrected chi connectivity index (χ3v) is 0.789. The molecule has 0 unspecified atom stereocenters. The maximum absolute atomic E-state index is 10.3. The Hall–Kier alpha value is -1.03. The van der Waals surface area contributed by atoms with E-state index in [1.807, 2.05) is 0 Å². The van der Waals surface area contributed by atoms with Crippen LogP contribution in [0.2, 0.25) is 0 Å². The van der Waals surface area contributed by atoms with Gasteiger partial charge in [0.05, 0.1) is 0 Å². The summed E-state index contributed by atoms with van der Waals surface area (Å²) in [5.41, 5.74) is 2.14. The van der Waals surface area contributed by atoms with Crippen LogP contribution >= 0.6 is 0 Å². The number of hydrogen-bond donors (Lipinski definition) is 2. The van der Waals surface area contributed by atoms with Crippen LogP contribution in [0, 0.1) is 0 Å². The summed E-state index contributed by atoms with van der Waals surface area (Å²) in [6.07, 6.45) is 3.29. The Morgan fingerprint density at radius 1 is 1.88 bits per heavy atom. The molecule has 44 valence electrons. The van der Waals surface area contributed by atoms with Gasteiger partial charge in [0.2, 0.25) is 5.91 Å². The summed E-state index contributed by atoms with van der Waals surface area (Å²) < 4.78 is 0.